The van der Waals surface area contributed by atoms with Crippen LogP contribution in [0.1, 0.15) is 22.3 Å². The number of nitrogens with one attached hydrogen (secondary N) is 2. The molecule has 0 aromatic heterocycles. The highest BCUT2D eigenvalue weighted by molar-refractivity contribution is 5.77. The smallest absolute Gasteiger partial charge is 0.258 e. The zero-order valence-corrected chi connectivity index (χ0v) is 15.0. The third-order valence-electron chi connectivity index (χ3n) is 3.98. The molecule has 24 heavy (non-hydrogen) atoms. The van der Waals surface area contributed by atoms with Crippen LogP contribution in [0.15, 0.2) is 42.5 Å². The van der Waals surface area contributed by atoms with E-state index in [0.29, 0.717) is 6.54 Å². The highest BCUT2D eigenvalue weighted by Gasteiger charge is 2.06. The Balaban J connectivity index is 1.79. The number of aryl methyl sites for hydroxylation is 1. The Labute approximate surface area is 144 Å². The molecule has 0 heterocycles. The van der Waals surface area contributed by atoms with Gasteiger partial charge in [-0.2, -0.15) is 0 Å². The fourth-order valence-electron chi connectivity index (χ4n) is 2.46. The van der Waals surface area contributed by atoms with Crippen LogP contribution in [-0.2, 0) is 17.9 Å². The van der Waals surface area contributed by atoms with Crippen LogP contribution >= 0.6 is 0 Å². The van der Waals surface area contributed by atoms with E-state index < -0.39 is 0 Å². The van der Waals surface area contributed by atoms with Crippen LogP contribution in [0.4, 0.5) is 0 Å². The highest BCUT2D eigenvalue weighted by Crippen LogP contribution is 2.20. The van der Waals surface area contributed by atoms with Gasteiger partial charge in [-0.1, -0.05) is 36.4 Å². The molecule has 2 aromatic rings. The summed E-state index contributed by atoms with van der Waals surface area (Å²) in [6.45, 7) is 5.58. The molecule has 2 aromatic carbocycles. The molecule has 0 aliphatic carbocycles. The van der Waals surface area contributed by atoms with Gasteiger partial charge >= 0.3 is 0 Å². The average molecular weight is 327 g/mol. The number of amides is 1. The molecule has 0 aliphatic rings. The number of carbonyl (C=O) groups is 1. The van der Waals surface area contributed by atoms with Crippen molar-refractivity contribution in [3.8, 4) is 5.75 Å². The second-order valence-electron chi connectivity index (χ2n) is 6.46. The molecule has 1 amide bonds. The van der Waals surface area contributed by atoms with E-state index in [1.54, 1.807) is 0 Å². The summed E-state index contributed by atoms with van der Waals surface area (Å²) in [7, 11) is 4.26. The SMILES string of the molecule is Cc1cccc(OCC(=O)NCc2ccc(C[NH+](C)C)cc2)c1C. The zero-order valence-electron chi connectivity index (χ0n) is 15.0. The summed E-state index contributed by atoms with van der Waals surface area (Å²) in [6, 6.07) is 14.2. The van der Waals surface area contributed by atoms with Gasteiger partial charge in [0.25, 0.3) is 5.91 Å². The predicted molar refractivity (Wildman–Crippen MR) is 96.2 cm³/mol. The Morgan fingerprint density at radius 3 is 2.38 bits per heavy atom. The molecule has 0 atom stereocenters. The van der Waals surface area contributed by atoms with Crippen LogP contribution in [0.3, 0.4) is 0 Å². The number of rotatable bonds is 7. The van der Waals surface area contributed by atoms with Gasteiger partial charge in [-0.3, -0.25) is 4.79 Å². The topological polar surface area (TPSA) is 42.8 Å². The molecule has 128 valence electrons. The van der Waals surface area contributed by atoms with Crippen molar-refractivity contribution in [3.05, 3.63) is 64.7 Å². The summed E-state index contributed by atoms with van der Waals surface area (Å²) in [5, 5.41) is 2.89. The fraction of sp³-hybridized carbons (Fsp3) is 0.350. The Bertz CT molecular complexity index is 679. The van der Waals surface area contributed by atoms with Gasteiger partial charge in [0, 0.05) is 12.1 Å². The molecular weight excluding hydrogens is 300 g/mol. The summed E-state index contributed by atoms with van der Waals surface area (Å²) in [5.41, 5.74) is 4.62. The van der Waals surface area contributed by atoms with E-state index in [1.165, 1.54) is 10.5 Å². The van der Waals surface area contributed by atoms with Gasteiger partial charge in [0.1, 0.15) is 12.3 Å². The molecule has 0 fully saturated rings. The number of quaternary nitrogens is 1. The van der Waals surface area contributed by atoms with Gasteiger partial charge in [0.2, 0.25) is 0 Å². The summed E-state index contributed by atoms with van der Waals surface area (Å²) < 4.78 is 5.62. The van der Waals surface area contributed by atoms with Crippen LogP contribution in [0.2, 0.25) is 0 Å². The van der Waals surface area contributed by atoms with Crippen molar-refractivity contribution >= 4 is 5.91 Å². The van der Waals surface area contributed by atoms with Crippen LogP contribution in [0.5, 0.6) is 5.75 Å². The lowest BCUT2D eigenvalue weighted by atomic mass is 10.1. The molecule has 0 saturated carbocycles. The zero-order chi connectivity index (χ0) is 17.5. The van der Waals surface area contributed by atoms with Gasteiger partial charge in [0.15, 0.2) is 6.61 Å². The average Bonchev–Trinajstić information content (AvgIpc) is 2.55. The lowest BCUT2D eigenvalue weighted by Gasteiger charge is -2.11. The van der Waals surface area contributed by atoms with Gasteiger partial charge in [-0.25, -0.2) is 0 Å². The Hall–Kier alpha value is -2.33. The van der Waals surface area contributed by atoms with Gasteiger partial charge in [0.05, 0.1) is 14.1 Å². The van der Waals surface area contributed by atoms with E-state index in [-0.39, 0.29) is 12.5 Å². The van der Waals surface area contributed by atoms with E-state index in [4.69, 9.17) is 4.74 Å². The first kappa shape index (κ1) is 18.0. The largest absolute Gasteiger partial charge is 0.483 e. The van der Waals surface area contributed by atoms with Crippen molar-refractivity contribution in [1.82, 2.24) is 5.32 Å². The van der Waals surface area contributed by atoms with Crippen LogP contribution in [0.25, 0.3) is 0 Å². The molecule has 0 bridgehead atoms. The third-order valence-corrected chi connectivity index (χ3v) is 3.98. The van der Waals surface area contributed by atoms with E-state index in [2.05, 4.69) is 43.7 Å². The van der Waals surface area contributed by atoms with Crippen molar-refractivity contribution in [1.29, 1.82) is 0 Å². The van der Waals surface area contributed by atoms with Crippen LogP contribution in [-0.4, -0.2) is 26.6 Å². The first-order chi connectivity index (χ1) is 11.5. The van der Waals surface area contributed by atoms with E-state index in [9.17, 15) is 4.79 Å². The second-order valence-corrected chi connectivity index (χ2v) is 6.46. The van der Waals surface area contributed by atoms with Crippen molar-refractivity contribution < 1.29 is 14.4 Å². The molecule has 0 saturated heterocycles. The van der Waals surface area contributed by atoms with Crippen molar-refractivity contribution in [2.45, 2.75) is 26.9 Å². The van der Waals surface area contributed by atoms with E-state index in [1.807, 2.05) is 32.0 Å². The molecule has 4 nitrogen and oxygen atoms in total. The van der Waals surface area contributed by atoms with E-state index >= 15 is 0 Å². The number of hydrogen-bond acceptors (Lipinski definition) is 2. The lowest BCUT2D eigenvalue weighted by molar-refractivity contribution is -0.872. The summed E-state index contributed by atoms with van der Waals surface area (Å²) >= 11 is 0. The Morgan fingerprint density at radius 1 is 1.04 bits per heavy atom. The maximum absolute atomic E-state index is 12.0. The van der Waals surface area contributed by atoms with Gasteiger partial charge < -0.3 is 15.0 Å². The Kier molecular flexibility index (Phi) is 6.38. The minimum Gasteiger partial charge on any atom is -0.483 e. The van der Waals surface area contributed by atoms with Gasteiger partial charge in [-0.05, 0) is 36.6 Å². The predicted octanol–water partition coefficient (Wildman–Crippen LogP) is 1.64. The molecule has 4 heteroatoms. The monoisotopic (exact) mass is 327 g/mol. The lowest BCUT2D eigenvalue weighted by Crippen LogP contribution is -3.04. The summed E-state index contributed by atoms with van der Waals surface area (Å²) in [5.74, 6) is 0.651. The summed E-state index contributed by atoms with van der Waals surface area (Å²) in [4.78, 5) is 13.3. The van der Waals surface area contributed by atoms with Crippen molar-refractivity contribution in [3.63, 3.8) is 0 Å². The highest BCUT2D eigenvalue weighted by atomic mass is 16.5. The molecule has 0 radical (unpaired) electrons. The van der Waals surface area contributed by atoms with Crippen molar-refractivity contribution in [2.24, 2.45) is 0 Å². The molecule has 0 spiro atoms. The Morgan fingerprint density at radius 2 is 1.71 bits per heavy atom. The fourth-order valence-corrected chi connectivity index (χ4v) is 2.46. The molecule has 2 N–H and O–H groups in total. The number of hydrogen-bond donors (Lipinski definition) is 2. The standard InChI is InChI=1S/C20H26N2O2/c1-15-6-5-7-19(16(15)2)24-14-20(23)21-12-17-8-10-18(11-9-17)13-22(3)4/h5-11H,12-14H2,1-4H3,(H,21,23)/p+1. The summed E-state index contributed by atoms with van der Waals surface area (Å²) in [6.07, 6.45) is 0. The third kappa shape index (κ3) is 5.39. The molecular formula is C20H27N2O2+. The molecule has 2 rings (SSSR count). The maximum Gasteiger partial charge on any atom is 0.258 e. The minimum atomic E-state index is -0.113. The number of benzene rings is 2. The number of ether oxygens (including phenoxy) is 1. The first-order valence-corrected chi connectivity index (χ1v) is 8.28. The minimum absolute atomic E-state index is 0.0341. The quantitative estimate of drug-likeness (QED) is 0.812. The maximum atomic E-state index is 12.0. The first-order valence-electron chi connectivity index (χ1n) is 8.28. The second kappa shape index (κ2) is 8.50. The van der Waals surface area contributed by atoms with Crippen LogP contribution < -0.4 is 15.0 Å². The van der Waals surface area contributed by atoms with E-state index in [0.717, 1.165) is 29.0 Å². The van der Waals surface area contributed by atoms with Gasteiger partial charge in [-0.15, -0.1) is 0 Å². The normalized spacial score (nSPS) is 10.7. The molecule has 0 aliphatic heterocycles. The molecule has 0 unspecified atom stereocenters. The number of carbonyl (C=O) groups excluding carboxylic acids is 1. The van der Waals surface area contributed by atoms with Crippen molar-refractivity contribution in [2.75, 3.05) is 20.7 Å². The van der Waals surface area contributed by atoms with Crippen LogP contribution in [0, 0.1) is 13.8 Å².